The van der Waals surface area contributed by atoms with Crippen molar-refractivity contribution in [3.8, 4) is 0 Å². The predicted molar refractivity (Wildman–Crippen MR) is 59.1 cm³/mol. The lowest BCUT2D eigenvalue weighted by atomic mass is 10.00. The number of hydrogen-bond donors (Lipinski definition) is 1. The van der Waals surface area contributed by atoms with Gasteiger partial charge in [0.15, 0.2) is 0 Å². The fourth-order valence-electron chi connectivity index (χ4n) is 1.41. The van der Waals surface area contributed by atoms with E-state index in [1.165, 1.54) is 29.7 Å². The van der Waals surface area contributed by atoms with Crippen molar-refractivity contribution in [3.05, 3.63) is 23.8 Å². The van der Waals surface area contributed by atoms with Crippen LogP contribution < -0.4 is 5.73 Å². The Morgan fingerprint density at radius 1 is 1.38 bits per heavy atom. The molecular weight excluding hydrogens is 178 g/mol. The van der Waals surface area contributed by atoms with Crippen LogP contribution in [0.4, 0.5) is 5.69 Å². The number of thioether (sulfide) groups is 1. The molecule has 1 aliphatic carbocycles. The molecule has 0 radical (unpaired) electrons. The van der Waals surface area contributed by atoms with Gasteiger partial charge in [-0.1, -0.05) is 12.5 Å². The number of benzene rings is 1. The van der Waals surface area contributed by atoms with Crippen LogP contribution in [0.5, 0.6) is 0 Å². The Balaban J connectivity index is 2.13. The third-order valence-corrected chi connectivity index (χ3v) is 3.93. The maximum Gasteiger partial charge on any atom is 0.0452 e. The van der Waals surface area contributed by atoms with Gasteiger partial charge >= 0.3 is 0 Å². The minimum absolute atomic E-state index is 0.823. The molecule has 2 heteroatoms. The van der Waals surface area contributed by atoms with E-state index in [-0.39, 0.29) is 0 Å². The highest BCUT2D eigenvalue weighted by atomic mass is 32.2. The molecule has 0 unspecified atom stereocenters. The normalized spacial score (nSPS) is 17.0. The fourth-order valence-corrected chi connectivity index (χ4v) is 2.80. The van der Waals surface area contributed by atoms with Crippen molar-refractivity contribution in [1.82, 2.24) is 0 Å². The molecule has 0 bridgehead atoms. The maximum absolute atomic E-state index is 5.90. The van der Waals surface area contributed by atoms with Crippen molar-refractivity contribution < 1.29 is 0 Å². The number of aryl methyl sites for hydroxylation is 1. The zero-order chi connectivity index (χ0) is 9.26. The summed E-state index contributed by atoms with van der Waals surface area (Å²) < 4.78 is 0. The van der Waals surface area contributed by atoms with Crippen LogP contribution in [0, 0.1) is 6.92 Å². The standard InChI is InChI=1S/C11H15NS/c1-8-5-6-10(12)11(7-8)13-9-3-2-4-9/h5-7,9H,2-4,12H2,1H3. The molecule has 2 rings (SSSR count). The summed E-state index contributed by atoms with van der Waals surface area (Å²) >= 11 is 1.95. The molecule has 1 saturated carbocycles. The summed E-state index contributed by atoms with van der Waals surface area (Å²) in [5, 5.41) is 0.823. The Labute approximate surface area is 83.7 Å². The van der Waals surface area contributed by atoms with Crippen LogP contribution >= 0.6 is 11.8 Å². The topological polar surface area (TPSA) is 26.0 Å². The molecule has 2 N–H and O–H groups in total. The van der Waals surface area contributed by atoms with Crippen LogP contribution in [0.15, 0.2) is 23.1 Å². The first kappa shape index (κ1) is 8.95. The van der Waals surface area contributed by atoms with Crippen molar-refractivity contribution in [2.24, 2.45) is 0 Å². The molecule has 0 heterocycles. The van der Waals surface area contributed by atoms with Crippen molar-refractivity contribution in [1.29, 1.82) is 0 Å². The van der Waals surface area contributed by atoms with Gasteiger partial charge in [-0.05, 0) is 37.5 Å². The van der Waals surface area contributed by atoms with Gasteiger partial charge in [-0.2, -0.15) is 0 Å². The van der Waals surface area contributed by atoms with E-state index in [1.807, 2.05) is 17.8 Å². The Morgan fingerprint density at radius 3 is 2.77 bits per heavy atom. The van der Waals surface area contributed by atoms with E-state index in [2.05, 4.69) is 19.1 Å². The highest BCUT2D eigenvalue weighted by Crippen LogP contribution is 2.38. The minimum atomic E-state index is 0.823. The van der Waals surface area contributed by atoms with E-state index < -0.39 is 0 Å². The fraction of sp³-hybridized carbons (Fsp3) is 0.455. The smallest absolute Gasteiger partial charge is 0.0452 e. The predicted octanol–water partition coefficient (Wildman–Crippen LogP) is 3.22. The highest BCUT2D eigenvalue weighted by Gasteiger charge is 2.19. The van der Waals surface area contributed by atoms with E-state index in [4.69, 9.17) is 5.73 Å². The molecule has 0 amide bonds. The molecule has 0 aliphatic heterocycles. The lowest BCUT2D eigenvalue weighted by Crippen LogP contribution is -2.13. The zero-order valence-corrected chi connectivity index (χ0v) is 8.73. The molecule has 1 nitrogen and oxygen atoms in total. The average Bonchev–Trinajstić information content (AvgIpc) is 2.03. The van der Waals surface area contributed by atoms with Crippen LogP contribution in [0.1, 0.15) is 24.8 Å². The largest absolute Gasteiger partial charge is 0.398 e. The Morgan fingerprint density at radius 2 is 2.15 bits per heavy atom. The summed E-state index contributed by atoms with van der Waals surface area (Å²) in [7, 11) is 0. The zero-order valence-electron chi connectivity index (χ0n) is 7.92. The lowest BCUT2D eigenvalue weighted by molar-refractivity contribution is 0.522. The SMILES string of the molecule is Cc1ccc(N)c(SC2CCC2)c1. The van der Waals surface area contributed by atoms with Gasteiger partial charge in [-0.15, -0.1) is 11.8 Å². The third-order valence-electron chi connectivity index (χ3n) is 2.51. The van der Waals surface area contributed by atoms with Gasteiger partial charge in [0.05, 0.1) is 0 Å². The number of hydrogen-bond acceptors (Lipinski definition) is 2. The van der Waals surface area contributed by atoms with Gasteiger partial charge in [-0.3, -0.25) is 0 Å². The van der Waals surface area contributed by atoms with Crippen LogP contribution in [0.3, 0.4) is 0 Å². The number of anilines is 1. The Bertz CT molecular complexity index is 305. The molecular formula is C11H15NS. The summed E-state index contributed by atoms with van der Waals surface area (Å²) in [5.74, 6) is 0. The second-order valence-corrected chi connectivity index (χ2v) is 5.05. The molecule has 0 spiro atoms. The molecule has 1 aromatic carbocycles. The second-order valence-electron chi connectivity index (χ2n) is 3.71. The minimum Gasteiger partial charge on any atom is -0.398 e. The molecule has 1 fully saturated rings. The summed E-state index contributed by atoms with van der Waals surface area (Å²) in [5.41, 5.74) is 8.13. The first-order chi connectivity index (χ1) is 6.25. The van der Waals surface area contributed by atoms with E-state index in [0.717, 1.165) is 10.9 Å². The van der Waals surface area contributed by atoms with Crippen LogP contribution in [-0.2, 0) is 0 Å². The van der Waals surface area contributed by atoms with Crippen molar-refractivity contribution >= 4 is 17.4 Å². The van der Waals surface area contributed by atoms with Crippen LogP contribution in [-0.4, -0.2) is 5.25 Å². The summed E-state index contributed by atoms with van der Waals surface area (Å²) in [4.78, 5) is 1.27. The highest BCUT2D eigenvalue weighted by molar-refractivity contribution is 8.00. The molecule has 0 aromatic heterocycles. The van der Waals surface area contributed by atoms with Gasteiger partial charge in [0.2, 0.25) is 0 Å². The third kappa shape index (κ3) is 1.99. The Hall–Kier alpha value is -0.630. The number of nitrogens with two attached hydrogens (primary N) is 1. The first-order valence-electron chi connectivity index (χ1n) is 4.78. The molecule has 0 saturated heterocycles. The van der Waals surface area contributed by atoms with E-state index >= 15 is 0 Å². The summed E-state index contributed by atoms with van der Waals surface area (Å²) in [6.07, 6.45) is 4.11. The molecule has 1 aromatic rings. The quantitative estimate of drug-likeness (QED) is 0.730. The van der Waals surface area contributed by atoms with Crippen molar-refractivity contribution in [3.63, 3.8) is 0 Å². The van der Waals surface area contributed by atoms with Gasteiger partial charge in [0.25, 0.3) is 0 Å². The van der Waals surface area contributed by atoms with Gasteiger partial charge in [-0.25, -0.2) is 0 Å². The van der Waals surface area contributed by atoms with Crippen molar-refractivity contribution in [2.45, 2.75) is 36.3 Å². The van der Waals surface area contributed by atoms with Gasteiger partial charge < -0.3 is 5.73 Å². The van der Waals surface area contributed by atoms with Crippen molar-refractivity contribution in [2.75, 3.05) is 5.73 Å². The van der Waals surface area contributed by atoms with E-state index in [1.54, 1.807) is 0 Å². The number of nitrogen functional groups attached to an aromatic ring is 1. The van der Waals surface area contributed by atoms with Gasteiger partial charge in [0, 0.05) is 15.8 Å². The summed E-state index contributed by atoms with van der Waals surface area (Å²) in [6, 6.07) is 6.27. The maximum atomic E-state index is 5.90. The molecule has 0 atom stereocenters. The molecule has 1 aliphatic rings. The van der Waals surface area contributed by atoms with Crippen LogP contribution in [0.2, 0.25) is 0 Å². The van der Waals surface area contributed by atoms with Crippen LogP contribution in [0.25, 0.3) is 0 Å². The lowest BCUT2D eigenvalue weighted by Gasteiger charge is -2.25. The number of rotatable bonds is 2. The monoisotopic (exact) mass is 193 g/mol. The van der Waals surface area contributed by atoms with E-state index in [9.17, 15) is 0 Å². The molecule has 70 valence electrons. The van der Waals surface area contributed by atoms with Gasteiger partial charge in [0.1, 0.15) is 0 Å². The molecule has 13 heavy (non-hydrogen) atoms. The Kier molecular flexibility index (Phi) is 2.49. The first-order valence-corrected chi connectivity index (χ1v) is 5.66. The summed E-state index contributed by atoms with van der Waals surface area (Å²) in [6.45, 7) is 2.12. The average molecular weight is 193 g/mol. The van der Waals surface area contributed by atoms with E-state index in [0.29, 0.717) is 0 Å². The second kappa shape index (κ2) is 3.62.